The van der Waals surface area contributed by atoms with Crippen LogP contribution >= 0.6 is 0 Å². The van der Waals surface area contributed by atoms with E-state index in [1.165, 1.54) is 11.3 Å². The maximum absolute atomic E-state index is 12.4. The lowest BCUT2D eigenvalue weighted by Gasteiger charge is -2.23. The average molecular weight is 296 g/mol. The van der Waals surface area contributed by atoms with Crippen LogP contribution < -0.4 is 10.5 Å². The molecule has 1 aromatic carbocycles. The number of nitrogens with zero attached hydrogens (tertiary/aromatic N) is 3. The van der Waals surface area contributed by atoms with Crippen LogP contribution in [0.4, 0.5) is 5.69 Å². The van der Waals surface area contributed by atoms with E-state index in [1.807, 2.05) is 6.07 Å². The number of fused-ring (bicyclic) bond motifs is 1. The summed E-state index contributed by atoms with van der Waals surface area (Å²) in [6.45, 7) is 6.50. The number of anilines is 1. The number of aromatic amines is 1. The Balaban J connectivity index is 1.80. The van der Waals surface area contributed by atoms with Crippen LogP contribution in [-0.4, -0.2) is 27.6 Å². The standard InChI is InChI=1S/C17H20N4O/c1-3-20(14-6-4-5-13(2)11-14)9-10-21-12-19-15-7-8-18-16(15)17(21)22/h4-8,11-12,18H,3,9-10H2,1-2H3. The van der Waals surface area contributed by atoms with E-state index in [-0.39, 0.29) is 5.56 Å². The molecule has 0 saturated heterocycles. The van der Waals surface area contributed by atoms with E-state index in [9.17, 15) is 4.79 Å². The third kappa shape index (κ3) is 2.74. The maximum Gasteiger partial charge on any atom is 0.277 e. The molecule has 0 atom stereocenters. The number of hydrogen-bond acceptors (Lipinski definition) is 3. The summed E-state index contributed by atoms with van der Waals surface area (Å²) in [4.78, 5) is 21.9. The molecule has 0 spiro atoms. The van der Waals surface area contributed by atoms with Crippen molar-refractivity contribution in [3.05, 3.63) is 58.8 Å². The number of benzene rings is 1. The van der Waals surface area contributed by atoms with Crippen LogP contribution in [0.5, 0.6) is 0 Å². The Bertz CT molecular complexity index is 834. The molecule has 0 amide bonds. The van der Waals surface area contributed by atoms with E-state index in [1.54, 1.807) is 17.1 Å². The second-order valence-electron chi connectivity index (χ2n) is 5.40. The van der Waals surface area contributed by atoms with Crippen molar-refractivity contribution in [2.24, 2.45) is 0 Å². The summed E-state index contributed by atoms with van der Waals surface area (Å²) in [5, 5.41) is 0. The summed E-state index contributed by atoms with van der Waals surface area (Å²) in [5.41, 5.74) is 3.69. The lowest BCUT2D eigenvalue weighted by atomic mass is 10.2. The zero-order valence-electron chi connectivity index (χ0n) is 12.9. The summed E-state index contributed by atoms with van der Waals surface area (Å²) in [6.07, 6.45) is 3.37. The average Bonchev–Trinajstić information content (AvgIpc) is 2.99. The van der Waals surface area contributed by atoms with Crippen molar-refractivity contribution < 1.29 is 0 Å². The van der Waals surface area contributed by atoms with Gasteiger partial charge in [-0.1, -0.05) is 12.1 Å². The molecular formula is C17H20N4O. The zero-order chi connectivity index (χ0) is 15.5. The fourth-order valence-corrected chi connectivity index (χ4v) is 2.65. The largest absolute Gasteiger partial charge is 0.370 e. The van der Waals surface area contributed by atoms with E-state index < -0.39 is 0 Å². The van der Waals surface area contributed by atoms with E-state index in [0.29, 0.717) is 17.6 Å². The Hall–Kier alpha value is -2.56. The smallest absolute Gasteiger partial charge is 0.277 e. The highest BCUT2D eigenvalue weighted by Crippen LogP contribution is 2.15. The van der Waals surface area contributed by atoms with Gasteiger partial charge >= 0.3 is 0 Å². The van der Waals surface area contributed by atoms with Crippen LogP contribution in [0.1, 0.15) is 12.5 Å². The highest BCUT2D eigenvalue weighted by atomic mass is 16.1. The second-order valence-corrected chi connectivity index (χ2v) is 5.40. The van der Waals surface area contributed by atoms with Gasteiger partial charge in [0.15, 0.2) is 0 Å². The molecule has 114 valence electrons. The van der Waals surface area contributed by atoms with Gasteiger partial charge in [0.25, 0.3) is 5.56 Å². The minimum absolute atomic E-state index is 0.0182. The number of hydrogen-bond donors (Lipinski definition) is 1. The number of aryl methyl sites for hydroxylation is 1. The van der Waals surface area contributed by atoms with Crippen LogP contribution in [0.2, 0.25) is 0 Å². The molecule has 22 heavy (non-hydrogen) atoms. The van der Waals surface area contributed by atoms with Crippen molar-refractivity contribution in [3.63, 3.8) is 0 Å². The van der Waals surface area contributed by atoms with Gasteiger partial charge in [0.05, 0.1) is 11.8 Å². The Morgan fingerprint density at radius 3 is 2.95 bits per heavy atom. The summed E-state index contributed by atoms with van der Waals surface area (Å²) < 4.78 is 1.66. The van der Waals surface area contributed by atoms with Crippen LogP contribution in [0, 0.1) is 6.92 Å². The quantitative estimate of drug-likeness (QED) is 0.787. The van der Waals surface area contributed by atoms with E-state index in [4.69, 9.17) is 0 Å². The summed E-state index contributed by atoms with van der Waals surface area (Å²) in [7, 11) is 0. The molecule has 0 unspecified atom stereocenters. The third-order valence-corrected chi connectivity index (χ3v) is 3.90. The molecule has 5 nitrogen and oxygen atoms in total. The van der Waals surface area contributed by atoms with Gasteiger partial charge in [-0.3, -0.25) is 9.36 Å². The highest BCUT2D eigenvalue weighted by Gasteiger charge is 2.08. The Labute approximate surface area is 129 Å². The SMILES string of the molecule is CCN(CCn1cnc2cc[nH]c2c1=O)c1cccc(C)c1. The normalized spacial score (nSPS) is 11.0. The van der Waals surface area contributed by atoms with Crippen molar-refractivity contribution in [1.29, 1.82) is 0 Å². The molecule has 2 aromatic heterocycles. The fourth-order valence-electron chi connectivity index (χ4n) is 2.65. The van der Waals surface area contributed by atoms with Crippen LogP contribution in [0.15, 0.2) is 47.7 Å². The lowest BCUT2D eigenvalue weighted by molar-refractivity contribution is 0.639. The number of H-pyrrole nitrogens is 1. The Morgan fingerprint density at radius 1 is 1.32 bits per heavy atom. The van der Waals surface area contributed by atoms with Crippen molar-refractivity contribution >= 4 is 16.7 Å². The van der Waals surface area contributed by atoms with Gasteiger partial charge in [-0.15, -0.1) is 0 Å². The summed E-state index contributed by atoms with van der Waals surface area (Å²) >= 11 is 0. The monoisotopic (exact) mass is 296 g/mol. The first-order chi connectivity index (χ1) is 10.7. The molecule has 0 radical (unpaired) electrons. The number of nitrogens with one attached hydrogen (secondary N) is 1. The van der Waals surface area contributed by atoms with Crippen molar-refractivity contribution in [1.82, 2.24) is 14.5 Å². The lowest BCUT2D eigenvalue weighted by Crippen LogP contribution is -2.31. The molecule has 0 bridgehead atoms. The van der Waals surface area contributed by atoms with Crippen molar-refractivity contribution in [2.75, 3.05) is 18.0 Å². The number of aromatic nitrogens is 3. The molecule has 0 saturated carbocycles. The molecule has 3 rings (SSSR count). The number of rotatable bonds is 5. The second kappa shape index (κ2) is 6.05. The number of likely N-dealkylation sites (N-methyl/N-ethyl adjacent to an activating group) is 1. The predicted molar refractivity (Wildman–Crippen MR) is 89.4 cm³/mol. The molecule has 0 aliphatic heterocycles. The molecule has 0 aliphatic carbocycles. The minimum atomic E-state index is -0.0182. The fraction of sp³-hybridized carbons (Fsp3) is 0.294. The van der Waals surface area contributed by atoms with Gasteiger partial charge in [-0.2, -0.15) is 0 Å². The Morgan fingerprint density at radius 2 is 2.18 bits per heavy atom. The predicted octanol–water partition coefficient (Wildman–Crippen LogP) is 2.56. The first kappa shape index (κ1) is 14.4. The minimum Gasteiger partial charge on any atom is -0.370 e. The van der Waals surface area contributed by atoms with Crippen molar-refractivity contribution in [2.45, 2.75) is 20.4 Å². The van der Waals surface area contributed by atoms with Gasteiger partial charge in [-0.25, -0.2) is 4.98 Å². The molecule has 0 fully saturated rings. The molecule has 1 N–H and O–H groups in total. The molecule has 2 heterocycles. The zero-order valence-corrected chi connectivity index (χ0v) is 12.9. The topological polar surface area (TPSA) is 53.9 Å². The first-order valence-electron chi connectivity index (χ1n) is 7.53. The first-order valence-corrected chi connectivity index (χ1v) is 7.53. The molecular weight excluding hydrogens is 276 g/mol. The molecule has 5 heteroatoms. The van der Waals surface area contributed by atoms with Crippen LogP contribution in [-0.2, 0) is 6.54 Å². The van der Waals surface area contributed by atoms with E-state index >= 15 is 0 Å². The Kier molecular flexibility index (Phi) is 3.96. The van der Waals surface area contributed by atoms with Crippen LogP contribution in [0.3, 0.4) is 0 Å². The van der Waals surface area contributed by atoms with Crippen molar-refractivity contribution in [3.8, 4) is 0 Å². The maximum atomic E-state index is 12.4. The summed E-state index contributed by atoms with van der Waals surface area (Å²) in [5.74, 6) is 0. The van der Waals surface area contributed by atoms with Gasteiger partial charge < -0.3 is 9.88 Å². The van der Waals surface area contributed by atoms with E-state index in [0.717, 1.165) is 13.1 Å². The van der Waals surface area contributed by atoms with Gasteiger partial charge in [0.2, 0.25) is 0 Å². The van der Waals surface area contributed by atoms with Gasteiger partial charge in [0.1, 0.15) is 5.52 Å². The van der Waals surface area contributed by atoms with E-state index in [2.05, 4.69) is 53.0 Å². The van der Waals surface area contributed by atoms with Crippen LogP contribution in [0.25, 0.3) is 11.0 Å². The third-order valence-electron chi connectivity index (χ3n) is 3.90. The highest BCUT2D eigenvalue weighted by molar-refractivity contribution is 5.73. The molecule has 0 aliphatic rings. The van der Waals surface area contributed by atoms with Gasteiger partial charge in [0, 0.05) is 31.5 Å². The van der Waals surface area contributed by atoms with Gasteiger partial charge in [-0.05, 0) is 37.6 Å². The summed E-state index contributed by atoms with van der Waals surface area (Å²) in [6, 6.07) is 10.2. The molecule has 3 aromatic rings.